The van der Waals surface area contributed by atoms with Gasteiger partial charge in [0.2, 0.25) is 0 Å². The van der Waals surface area contributed by atoms with Crippen LogP contribution in [0.25, 0.3) is 0 Å². The summed E-state index contributed by atoms with van der Waals surface area (Å²) in [6, 6.07) is 0. The monoisotopic (exact) mass is 373 g/mol. The number of halogens is 4. The largest absolute Gasteiger partial charge is 0.369 e. The molecule has 0 aromatic carbocycles. The van der Waals surface area contributed by atoms with Gasteiger partial charge in [0, 0.05) is 0 Å². The molecule has 0 saturated heterocycles. The van der Waals surface area contributed by atoms with Crippen LogP contribution < -0.4 is 6.15 Å². The third-order valence-electron chi connectivity index (χ3n) is 0. The van der Waals surface area contributed by atoms with Gasteiger partial charge in [0.1, 0.15) is 0 Å². The molecule has 0 radical (unpaired) electrons. The third kappa shape index (κ3) is 80.0. The minimum absolute atomic E-state index is 0. The second-order valence-corrected chi connectivity index (χ2v) is 19.0. The Hall–Kier alpha value is 1.82. The Labute approximate surface area is 60.8 Å². The van der Waals surface area contributed by atoms with Crippen molar-refractivity contribution in [2.75, 3.05) is 0 Å². The zero-order valence-corrected chi connectivity index (χ0v) is 8.50. The molecule has 0 rings (SSSR count). The number of hydrogen-bond acceptors (Lipinski definition) is 0. The Balaban J connectivity index is -0.0000000800. The summed E-state index contributed by atoms with van der Waals surface area (Å²) in [5.41, 5.74) is 0. The van der Waals surface area contributed by atoms with Crippen LogP contribution in [-0.2, 0) is 12.8 Å². The van der Waals surface area contributed by atoms with E-state index in [1.54, 1.807) is 0 Å². The maximum atomic E-state index is 5.00. The average molecular weight is 375 g/mol. The molecule has 0 aliphatic heterocycles. The predicted molar refractivity (Wildman–Crippen MR) is 33.0 cm³/mol. The molecule has 7 heteroatoms. The zero-order chi connectivity index (χ0) is 4.50. The fourth-order valence-electron chi connectivity index (χ4n) is 0. The molecule has 0 aromatic heterocycles. The molecule has 0 unspecified atom stereocenters. The molecular weight excluding hydrogens is 369 g/mol. The van der Waals surface area contributed by atoms with Gasteiger partial charge < -0.3 is 11.6 Å². The van der Waals surface area contributed by atoms with E-state index in [0.29, 0.717) is 0 Å². The van der Waals surface area contributed by atoms with E-state index in [1.165, 1.54) is 0 Å². The SMILES string of the molecule is O.[Cl][Au-]([Cl])([Cl])[Cl].[NH4+]. The minimum Gasteiger partial charge on any atom is -0.369 e. The Morgan fingerprint density at radius 1 is 0.857 bits per heavy atom. The first-order chi connectivity index (χ1) is 2.00. The first-order valence-electron chi connectivity index (χ1n) is 0.456. The van der Waals surface area contributed by atoms with Crippen molar-refractivity contribution in [2.45, 2.75) is 0 Å². The van der Waals surface area contributed by atoms with E-state index in [4.69, 9.17) is 36.8 Å². The molecule has 0 spiro atoms. The van der Waals surface area contributed by atoms with E-state index in [0.717, 1.165) is 0 Å². The van der Waals surface area contributed by atoms with Crippen LogP contribution in [0.15, 0.2) is 0 Å². The molecule has 0 aliphatic rings. The summed E-state index contributed by atoms with van der Waals surface area (Å²) in [5, 5.41) is 0. The summed E-state index contributed by atoms with van der Waals surface area (Å²) < 4.78 is 0. The third-order valence-corrected chi connectivity index (χ3v) is 0. The van der Waals surface area contributed by atoms with Crippen LogP contribution in [0.2, 0.25) is 0 Å². The number of rotatable bonds is 0. The first kappa shape index (κ1) is 15.9. The Morgan fingerprint density at radius 3 is 0.857 bits per heavy atom. The van der Waals surface area contributed by atoms with Gasteiger partial charge in [0.25, 0.3) is 0 Å². The van der Waals surface area contributed by atoms with Crippen LogP contribution in [0.1, 0.15) is 0 Å². The molecule has 0 aliphatic carbocycles. The van der Waals surface area contributed by atoms with Gasteiger partial charge in [-0.25, -0.2) is 0 Å². The van der Waals surface area contributed by atoms with Gasteiger partial charge in [-0.1, -0.05) is 0 Å². The molecule has 0 aromatic rings. The van der Waals surface area contributed by atoms with Crippen molar-refractivity contribution in [3.8, 4) is 0 Å². The van der Waals surface area contributed by atoms with Gasteiger partial charge >= 0.3 is 49.6 Å². The van der Waals surface area contributed by atoms with Gasteiger partial charge in [0.05, 0.1) is 0 Å². The van der Waals surface area contributed by atoms with Crippen molar-refractivity contribution in [3.63, 3.8) is 0 Å². The molecule has 0 atom stereocenters. The maximum Gasteiger partial charge on any atom is -0.369 e. The molecular formula is H6AuCl4NO. The predicted octanol–water partition coefficient (Wildman–Crippen LogP) is 2.31. The van der Waals surface area contributed by atoms with E-state index in [-0.39, 0.29) is 11.6 Å². The quantitative estimate of drug-likeness (QED) is 0.632. The fourth-order valence-corrected chi connectivity index (χ4v) is 0. The standard InChI is InChI=1S/Au.4ClH.H3N.H2O/h;4*1H;1H3;1H2/q+3;;;;;;/p-3. The molecule has 0 fully saturated rings. The fraction of sp³-hybridized carbons (Fsp3) is 0. The summed E-state index contributed by atoms with van der Waals surface area (Å²) >= 11 is -3.00. The number of hydrogen-bond donors (Lipinski definition) is 1. The van der Waals surface area contributed by atoms with Gasteiger partial charge in [0.15, 0.2) is 0 Å². The van der Waals surface area contributed by atoms with Gasteiger partial charge in [-0.3, -0.25) is 0 Å². The summed E-state index contributed by atoms with van der Waals surface area (Å²) in [4.78, 5) is 0. The molecule has 0 amide bonds. The molecule has 0 saturated carbocycles. The summed E-state index contributed by atoms with van der Waals surface area (Å²) in [5.74, 6) is 0. The first-order valence-corrected chi connectivity index (χ1v) is 11.2. The number of quaternary nitrogens is 1. The Morgan fingerprint density at radius 2 is 0.857 bits per heavy atom. The molecule has 56 valence electrons. The van der Waals surface area contributed by atoms with Crippen LogP contribution in [0, 0.1) is 0 Å². The van der Waals surface area contributed by atoms with Crippen molar-refractivity contribution in [2.24, 2.45) is 0 Å². The Bertz CT molecular complexity index is 27.2. The van der Waals surface area contributed by atoms with Crippen molar-refractivity contribution in [3.05, 3.63) is 0 Å². The second-order valence-electron chi connectivity index (χ2n) is 0.258. The van der Waals surface area contributed by atoms with Crippen LogP contribution >= 0.6 is 36.8 Å². The summed E-state index contributed by atoms with van der Waals surface area (Å²) in [6.45, 7) is 0. The van der Waals surface area contributed by atoms with Crippen LogP contribution in [0.4, 0.5) is 0 Å². The smallest absolute Gasteiger partial charge is 0.369 e. The van der Waals surface area contributed by atoms with E-state index < -0.39 is 12.8 Å². The molecule has 0 bridgehead atoms. The van der Waals surface area contributed by atoms with Gasteiger partial charge in [-0.15, -0.1) is 0 Å². The van der Waals surface area contributed by atoms with Crippen molar-refractivity contribution in [1.82, 2.24) is 6.15 Å². The normalized spacial score (nSPS) is 10.9. The van der Waals surface area contributed by atoms with E-state index in [1.807, 2.05) is 0 Å². The van der Waals surface area contributed by atoms with Crippen molar-refractivity contribution >= 4 is 36.8 Å². The van der Waals surface area contributed by atoms with E-state index in [2.05, 4.69) is 0 Å². The second kappa shape index (κ2) is 5.95. The molecule has 7 heavy (non-hydrogen) atoms. The summed E-state index contributed by atoms with van der Waals surface area (Å²) in [7, 11) is 20.0. The van der Waals surface area contributed by atoms with Crippen LogP contribution in [-0.4, -0.2) is 5.48 Å². The molecule has 0 heterocycles. The zero-order valence-electron chi connectivity index (χ0n) is 3.31. The topological polar surface area (TPSA) is 68.0 Å². The van der Waals surface area contributed by atoms with E-state index >= 15 is 0 Å². The van der Waals surface area contributed by atoms with Crippen LogP contribution in [0.3, 0.4) is 0 Å². The van der Waals surface area contributed by atoms with Gasteiger partial charge in [-0.2, -0.15) is 0 Å². The molecule has 6 N–H and O–H groups in total. The van der Waals surface area contributed by atoms with Crippen LogP contribution in [0.5, 0.6) is 0 Å². The molecule has 2 nitrogen and oxygen atoms in total. The van der Waals surface area contributed by atoms with E-state index in [9.17, 15) is 0 Å². The van der Waals surface area contributed by atoms with Gasteiger partial charge in [-0.05, 0) is 0 Å². The Kier molecular flexibility index (Phi) is 13.5. The minimum atomic E-state index is -3.00. The maximum absolute atomic E-state index is 5.00. The van der Waals surface area contributed by atoms with Crippen molar-refractivity contribution < 1.29 is 18.3 Å². The van der Waals surface area contributed by atoms with Crippen molar-refractivity contribution in [1.29, 1.82) is 0 Å². The summed E-state index contributed by atoms with van der Waals surface area (Å²) in [6.07, 6.45) is 0. The average Bonchev–Trinajstić information content (AvgIpc) is 0.722.